The van der Waals surface area contributed by atoms with E-state index in [0.29, 0.717) is 30.2 Å². The van der Waals surface area contributed by atoms with Crippen molar-refractivity contribution in [3.63, 3.8) is 0 Å². The molecular weight excluding hydrogens is 454 g/mol. The molecule has 1 aliphatic heterocycles. The summed E-state index contributed by atoms with van der Waals surface area (Å²) in [6.45, 7) is 0.351. The molecule has 0 radical (unpaired) electrons. The number of rotatable bonds is 6. The van der Waals surface area contributed by atoms with E-state index in [-0.39, 0.29) is 16.2 Å². The zero-order valence-electron chi connectivity index (χ0n) is 18.2. The SMILES string of the molecule is COc1ccc(S(=O)(=O)N2CCc3ccccc32)cc1C(=O)Nc1ccc(-n2ccnc2)nc1. The number of fused-ring (bicyclic) bond motifs is 1. The minimum Gasteiger partial charge on any atom is -0.496 e. The van der Waals surface area contributed by atoms with Crippen LogP contribution in [0.15, 0.2) is 84.4 Å². The quantitative estimate of drug-likeness (QED) is 0.459. The van der Waals surface area contributed by atoms with E-state index in [0.717, 1.165) is 5.56 Å². The fourth-order valence-corrected chi connectivity index (χ4v) is 5.45. The fraction of sp³-hybridized carbons (Fsp3) is 0.125. The van der Waals surface area contributed by atoms with Crippen molar-refractivity contribution < 1.29 is 17.9 Å². The van der Waals surface area contributed by atoms with Crippen molar-refractivity contribution in [1.82, 2.24) is 14.5 Å². The molecule has 1 aliphatic rings. The molecule has 172 valence electrons. The van der Waals surface area contributed by atoms with Gasteiger partial charge in [0.25, 0.3) is 15.9 Å². The van der Waals surface area contributed by atoms with Crippen molar-refractivity contribution in [2.45, 2.75) is 11.3 Å². The Kier molecular flexibility index (Phi) is 5.50. The molecule has 34 heavy (non-hydrogen) atoms. The Morgan fingerprint density at radius 3 is 2.71 bits per heavy atom. The van der Waals surface area contributed by atoms with Crippen LogP contribution >= 0.6 is 0 Å². The number of methoxy groups -OCH3 is 1. The van der Waals surface area contributed by atoms with Gasteiger partial charge in [0.1, 0.15) is 17.9 Å². The van der Waals surface area contributed by atoms with Crippen LogP contribution in [0.25, 0.3) is 5.82 Å². The molecule has 4 aromatic rings. The van der Waals surface area contributed by atoms with Gasteiger partial charge in [0.15, 0.2) is 0 Å². The van der Waals surface area contributed by atoms with Gasteiger partial charge in [-0.15, -0.1) is 0 Å². The second-order valence-electron chi connectivity index (χ2n) is 7.65. The number of carbonyl (C=O) groups excluding carboxylic acids is 1. The summed E-state index contributed by atoms with van der Waals surface area (Å²) in [5, 5.41) is 2.75. The molecule has 5 rings (SSSR count). The number of benzene rings is 2. The molecule has 0 saturated carbocycles. The number of nitrogens with zero attached hydrogens (tertiary/aromatic N) is 4. The molecule has 0 spiro atoms. The minimum atomic E-state index is -3.86. The van der Waals surface area contributed by atoms with Crippen molar-refractivity contribution in [2.75, 3.05) is 23.3 Å². The number of sulfonamides is 1. The van der Waals surface area contributed by atoms with E-state index in [1.165, 1.54) is 35.8 Å². The summed E-state index contributed by atoms with van der Waals surface area (Å²) >= 11 is 0. The molecule has 1 amide bonds. The molecule has 0 unspecified atom stereocenters. The van der Waals surface area contributed by atoms with Crippen LogP contribution in [0.1, 0.15) is 15.9 Å². The first-order valence-electron chi connectivity index (χ1n) is 10.5. The van der Waals surface area contributed by atoms with Crippen molar-refractivity contribution in [3.05, 3.63) is 90.6 Å². The summed E-state index contributed by atoms with van der Waals surface area (Å²) in [5.74, 6) is 0.404. The minimum absolute atomic E-state index is 0.0173. The van der Waals surface area contributed by atoms with Gasteiger partial charge < -0.3 is 10.1 Å². The Morgan fingerprint density at radius 1 is 1.12 bits per heavy atom. The van der Waals surface area contributed by atoms with Crippen LogP contribution in [0, 0.1) is 0 Å². The zero-order valence-corrected chi connectivity index (χ0v) is 19.1. The lowest BCUT2D eigenvalue weighted by Crippen LogP contribution is -2.29. The number of carbonyl (C=O) groups is 1. The van der Waals surface area contributed by atoms with Crippen molar-refractivity contribution >= 4 is 27.3 Å². The summed E-state index contributed by atoms with van der Waals surface area (Å²) < 4.78 is 35.3. The normalized spacial score (nSPS) is 12.9. The monoisotopic (exact) mass is 475 g/mol. The second-order valence-corrected chi connectivity index (χ2v) is 9.51. The second kappa shape index (κ2) is 8.64. The number of pyridine rings is 1. The lowest BCUT2D eigenvalue weighted by Gasteiger charge is -2.20. The number of imidazole rings is 1. The molecule has 0 aliphatic carbocycles. The standard InChI is InChI=1S/C24H21N5O4S/c1-33-22-8-7-19(34(31,32)29-12-10-17-4-2-3-5-21(17)29)14-20(22)24(30)27-18-6-9-23(26-15-18)28-13-11-25-16-28/h2-9,11,13-16H,10,12H2,1H3,(H,27,30). The average Bonchev–Trinajstić information content (AvgIpc) is 3.55. The third kappa shape index (κ3) is 3.88. The van der Waals surface area contributed by atoms with Crippen LogP contribution in [0.5, 0.6) is 5.75 Å². The predicted octanol–water partition coefficient (Wildman–Crippen LogP) is 3.28. The highest BCUT2D eigenvalue weighted by atomic mass is 32.2. The van der Waals surface area contributed by atoms with Gasteiger partial charge in [-0.3, -0.25) is 13.7 Å². The van der Waals surface area contributed by atoms with E-state index in [1.54, 1.807) is 41.5 Å². The smallest absolute Gasteiger partial charge is 0.264 e. The topological polar surface area (TPSA) is 106 Å². The molecule has 3 heterocycles. The molecule has 2 aromatic heterocycles. The number of aromatic nitrogens is 3. The van der Waals surface area contributed by atoms with Crippen LogP contribution in [0.2, 0.25) is 0 Å². The maximum atomic E-state index is 13.4. The van der Waals surface area contributed by atoms with Crippen molar-refractivity contribution in [2.24, 2.45) is 0 Å². The maximum absolute atomic E-state index is 13.4. The largest absolute Gasteiger partial charge is 0.496 e. The van der Waals surface area contributed by atoms with Gasteiger partial charge in [-0.2, -0.15) is 0 Å². The number of amides is 1. The molecule has 0 saturated heterocycles. The van der Waals surface area contributed by atoms with Gasteiger partial charge in [0, 0.05) is 18.9 Å². The Hall–Kier alpha value is -4.18. The highest BCUT2D eigenvalue weighted by molar-refractivity contribution is 7.92. The lowest BCUT2D eigenvalue weighted by molar-refractivity contribution is 0.102. The van der Waals surface area contributed by atoms with E-state index in [1.807, 2.05) is 18.2 Å². The third-order valence-corrected chi connectivity index (χ3v) is 7.43. The molecule has 10 heteroatoms. The Labute approximate surface area is 196 Å². The number of nitrogens with one attached hydrogen (secondary N) is 1. The number of hydrogen-bond acceptors (Lipinski definition) is 6. The van der Waals surface area contributed by atoms with Crippen LogP contribution in [-0.2, 0) is 16.4 Å². The Bertz CT molecular complexity index is 1450. The van der Waals surface area contributed by atoms with E-state index in [2.05, 4.69) is 15.3 Å². The van der Waals surface area contributed by atoms with Crippen LogP contribution in [-0.4, -0.2) is 42.5 Å². The zero-order chi connectivity index (χ0) is 23.7. The van der Waals surface area contributed by atoms with Gasteiger partial charge in [-0.05, 0) is 48.4 Å². The first kappa shape index (κ1) is 21.7. The summed E-state index contributed by atoms with van der Waals surface area (Å²) in [5.41, 5.74) is 2.20. The molecule has 2 aromatic carbocycles. The van der Waals surface area contributed by atoms with E-state index < -0.39 is 15.9 Å². The third-order valence-electron chi connectivity index (χ3n) is 5.62. The fourth-order valence-electron chi connectivity index (χ4n) is 3.92. The summed E-state index contributed by atoms with van der Waals surface area (Å²) in [7, 11) is -2.43. The van der Waals surface area contributed by atoms with E-state index in [4.69, 9.17) is 4.74 Å². The lowest BCUT2D eigenvalue weighted by atomic mass is 10.2. The number of ether oxygens (including phenoxy) is 1. The Balaban J connectivity index is 1.42. The van der Waals surface area contributed by atoms with E-state index >= 15 is 0 Å². The van der Waals surface area contributed by atoms with Crippen LogP contribution in [0.3, 0.4) is 0 Å². The van der Waals surface area contributed by atoms with Crippen molar-refractivity contribution in [3.8, 4) is 11.6 Å². The highest BCUT2D eigenvalue weighted by Gasteiger charge is 2.31. The molecule has 0 bridgehead atoms. The van der Waals surface area contributed by atoms with Crippen LogP contribution < -0.4 is 14.4 Å². The molecule has 0 fully saturated rings. The number of anilines is 2. The summed E-state index contributed by atoms with van der Waals surface area (Å²) in [6.07, 6.45) is 7.18. The number of para-hydroxylation sites is 1. The van der Waals surface area contributed by atoms with E-state index in [9.17, 15) is 13.2 Å². The number of hydrogen-bond donors (Lipinski definition) is 1. The predicted molar refractivity (Wildman–Crippen MR) is 127 cm³/mol. The van der Waals surface area contributed by atoms with Gasteiger partial charge in [0.2, 0.25) is 0 Å². The first-order chi connectivity index (χ1) is 16.5. The average molecular weight is 476 g/mol. The van der Waals surface area contributed by atoms with Gasteiger partial charge in [0.05, 0.1) is 35.1 Å². The first-order valence-corrected chi connectivity index (χ1v) is 12.0. The molecule has 1 N–H and O–H groups in total. The molecule has 0 atom stereocenters. The van der Waals surface area contributed by atoms with Crippen LogP contribution in [0.4, 0.5) is 11.4 Å². The van der Waals surface area contributed by atoms with Gasteiger partial charge in [-0.1, -0.05) is 18.2 Å². The molecule has 9 nitrogen and oxygen atoms in total. The Morgan fingerprint density at radius 2 is 1.97 bits per heavy atom. The highest BCUT2D eigenvalue weighted by Crippen LogP contribution is 2.34. The maximum Gasteiger partial charge on any atom is 0.264 e. The summed E-state index contributed by atoms with van der Waals surface area (Å²) in [4.78, 5) is 21.4. The van der Waals surface area contributed by atoms with Gasteiger partial charge in [-0.25, -0.2) is 18.4 Å². The van der Waals surface area contributed by atoms with Crippen molar-refractivity contribution in [1.29, 1.82) is 0 Å². The van der Waals surface area contributed by atoms with Gasteiger partial charge >= 0.3 is 0 Å². The molecular formula is C24H21N5O4S. The summed E-state index contributed by atoms with van der Waals surface area (Å²) in [6, 6.07) is 15.1.